The van der Waals surface area contributed by atoms with Gasteiger partial charge in [-0.15, -0.1) is 0 Å². The van der Waals surface area contributed by atoms with E-state index in [9.17, 15) is 5.11 Å². The second kappa shape index (κ2) is 5.10. The van der Waals surface area contributed by atoms with Gasteiger partial charge >= 0.3 is 0 Å². The third-order valence-electron chi connectivity index (χ3n) is 3.17. The molecule has 0 aliphatic carbocycles. The van der Waals surface area contributed by atoms with Crippen molar-refractivity contribution in [1.29, 1.82) is 0 Å². The third kappa shape index (κ3) is 3.95. The summed E-state index contributed by atoms with van der Waals surface area (Å²) < 4.78 is 0. The molecule has 1 rings (SSSR count). The minimum atomic E-state index is -0.351. The minimum absolute atomic E-state index is 0.351. The van der Waals surface area contributed by atoms with Crippen LogP contribution in [0.25, 0.3) is 0 Å². The van der Waals surface area contributed by atoms with Gasteiger partial charge in [0.2, 0.25) is 0 Å². The van der Waals surface area contributed by atoms with Crippen molar-refractivity contribution in [1.82, 2.24) is 4.90 Å². The summed E-state index contributed by atoms with van der Waals surface area (Å²) in [5.74, 6) is 0. The summed E-state index contributed by atoms with van der Waals surface area (Å²) >= 11 is 0. The highest BCUT2D eigenvalue weighted by molar-refractivity contribution is 4.77. The van der Waals surface area contributed by atoms with Crippen molar-refractivity contribution in [2.24, 2.45) is 11.1 Å². The van der Waals surface area contributed by atoms with Crippen LogP contribution in [0.4, 0.5) is 0 Å². The Morgan fingerprint density at radius 3 is 2.71 bits per heavy atom. The zero-order valence-corrected chi connectivity index (χ0v) is 9.50. The van der Waals surface area contributed by atoms with E-state index in [1.807, 2.05) is 0 Å². The van der Waals surface area contributed by atoms with E-state index in [4.69, 9.17) is 5.73 Å². The summed E-state index contributed by atoms with van der Waals surface area (Å²) in [6.45, 7) is 7.99. The quantitative estimate of drug-likeness (QED) is 0.709. The van der Waals surface area contributed by atoms with Gasteiger partial charge in [-0.25, -0.2) is 0 Å². The molecule has 1 saturated heterocycles. The lowest BCUT2D eigenvalue weighted by Crippen LogP contribution is -2.37. The van der Waals surface area contributed by atoms with E-state index >= 15 is 0 Å². The van der Waals surface area contributed by atoms with Crippen LogP contribution in [0.3, 0.4) is 0 Å². The van der Waals surface area contributed by atoms with E-state index in [1.165, 1.54) is 19.3 Å². The number of aliphatic hydroxyl groups is 1. The molecule has 0 aromatic rings. The Bertz CT molecular complexity index is 171. The summed E-state index contributed by atoms with van der Waals surface area (Å²) in [5.41, 5.74) is 5.88. The molecule has 1 fully saturated rings. The fraction of sp³-hybridized carbons (Fsp3) is 1.00. The SMILES string of the molecule is CC1(C)CCCN(C[C@H](O)CN)CC1. The Morgan fingerprint density at radius 1 is 1.36 bits per heavy atom. The number of nitrogens with two attached hydrogens (primary N) is 1. The molecule has 0 saturated carbocycles. The number of β-amino-alcohol motifs (C(OH)–C–C–N with tert-alkyl or cyclic N) is 1. The zero-order valence-electron chi connectivity index (χ0n) is 9.50. The topological polar surface area (TPSA) is 49.5 Å². The summed E-state index contributed by atoms with van der Waals surface area (Å²) in [4.78, 5) is 2.34. The maximum Gasteiger partial charge on any atom is 0.0789 e. The maximum absolute atomic E-state index is 9.47. The molecule has 3 nitrogen and oxygen atoms in total. The number of hydrogen-bond donors (Lipinski definition) is 2. The number of rotatable bonds is 3. The van der Waals surface area contributed by atoms with Gasteiger partial charge in [-0.05, 0) is 37.8 Å². The van der Waals surface area contributed by atoms with Crippen LogP contribution < -0.4 is 5.73 Å². The first-order chi connectivity index (χ1) is 6.53. The number of likely N-dealkylation sites (tertiary alicyclic amines) is 1. The third-order valence-corrected chi connectivity index (χ3v) is 3.17. The molecule has 14 heavy (non-hydrogen) atoms. The van der Waals surface area contributed by atoms with Gasteiger partial charge in [0.25, 0.3) is 0 Å². The molecule has 3 N–H and O–H groups in total. The van der Waals surface area contributed by atoms with Crippen molar-refractivity contribution in [3.05, 3.63) is 0 Å². The maximum atomic E-state index is 9.47. The predicted molar refractivity (Wildman–Crippen MR) is 59.1 cm³/mol. The Balaban J connectivity index is 2.35. The Morgan fingerprint density at radius 2 is 2.07 bits per heavy atom. The van der Waals surface area contributed by atoms with E-state index in [1.54, 1.807) is 0 Å². The fourth-order valence-electron chi connectivity index (χ4n) is 2.03. The van der Waals surface area contributed by atoms with Crippen LogP contribution in [0, 0.1) is 5.41 Å². The molecule has 0 unspecified atom stereocenters. The smallest absolute Gasteiger partial charge is 0.0789 e. The molecule has 1 heterocycles. The van der Waals surface area contributed by atoms with E-state index in [2.05, 4.69) is 18.7 Å². The molecule has 1 aliphatic rings. The van der Waals surface area contributed by atoms with Crippen LogP contribution in [0.15, 0.2) is 0 Å². The van der Waals surface area contributed by atoms with E-state index < -0.39 is 0 Å². The van der Waals surface area contributed by atoms with Gasteiger partial charge in [0.15, 0.2) is 0 Å². The lowest BCUT2D eigenvalue weighted by Gasteiger charge is -2.24. The first-order valence-corrected chi connectivity index (χ1v) is 5.64. The monoisotopic (exact) mass is 200 g/mol. The highest BCUT2D eigenvalue weighted by Gasteiger charge is 2.23. The number of nitrogens with zero attached hydrogens (tertiary/aromatic N) is 1. The van der Waals surface area contributed by atoms with Crippen LogP contribution in [0.2, 0.25) is 0 Å². The summed E-state index contributed by atoms with van der Waals surface area (Å²) in [6.07, 6.45) is 3.41. The largest absolute Gasteiger partial charge is 0.390 e. The normalized spacial score (nSPS) is 25.7. The summed E-state index contributed by atoms with van der Waals surface area (Å²) in [7, 11) is 0. The second-order valence-electron chi connectivity index (χ2n) is 5.21. The Hall–Kier alpha value is -0.120. The van der Waals surface area contributed by atoms with Gasteiger partial charge in [-0.3, -0.25) is 0 Å². The lowest BCUT2D eigenvalue weighted by atomic mass is 9.85. The van der Waals surface area contributed by atoms with Gasteiger partial charge in [0.1, 0.15) is 0 Å². The average Bonchev–Trinajstić information content (AvgIpc) is 2.28. The zero-order chi connectivity index (χ0) is 10.6. The van der Waals surface area contributed by atoms with Crippen molar-refractivity contribution in [3.63, 3.8) is 0 Å². The van der Waals surface area contributed by atoms with Crippen molar-refractivity contribution in [2.75, 3.05) is 26.2 Å². The van der Waals surface area contributed by atoms with Gasteiger partial charge < -0.3 is 15.7 Å². The summed E-state index contributed by atoms with van der Waals surface area (Å²) in [6, 6.07) is 0. The number of aliphatic hydroxyl groups excluding tert-OH is 1. The van der Waals surface area contributed by atoms with Crippen molar-refractivity contribution in [3.8, 4) is 0 Å². The molecular formula is C11H24N2O. The lowest BCUT2D eigenvalue weighted by molar-refractivity contribution is 0.118. The highest BCUT2D eigenvalue weighted by Crippen LogP contribution is 2.29. The Kier molecular flexibility index (Phi) is 4.35. The first kappa shape index (κ1) is 12.0. The molecular weight excluding hydrogens is 176 g/mol. The van der Waals surface area contributed by atoms with Crippen LogP contribution in [-0.4, -0.2) is 42.3 Å². The van der Waals surface area contributed by atoms with Gasteiger partial charge in [-0.2, -0.15) is 0 Å². The summed E-state index contributed by atoms with van der Waals surface area (Å²) in [5, 5.41) is 9.47. The van der Waals surface area contributed by atoms with Gasteiger partial charge in [0, 0.05) is 13.1 Å². The molecule has 0 radical (unpaired) electrons. The molecule has 0 aromatic carbocycles. The second-order valence-corrected chi connectivity index (χ2v) is 5.21. The fourth-order valence-corrected chi connectivity index (χ4v) is 2.03. The van der Waals surface area contributed by atoms with Crippen molar-refractivity contribution in [2.45, 2.75) is 39.2 Å². The van der Waals surface area contributed by atoms with Crippen LogP contribution >= 0.6 is 0 Å². The molecule has 0 aromatic heterocycles. The molecule has 0 bridgehead atoms. The molecule has 1 aliphatic heterocycles. The molecule has 84 valence electrons. The standard InChI is InChI=1S/C11H24N2O/c1-11(2)4-3-6-13(7-5-11)9-10(14)8-12/h10,14H,3-9,12H2,1-2H3/t10-/m1/s1. The highest BCUT2D eigenvalue weighted by atomic mass is 16.3. The van der Waals surface area contributed by atoms with Crippen molar-refractivity contribution < 1.29 is 5.11 Å². The van der Waals surface area contributed by atoms with Crippen molar-refractivity contribution >= 4 is 0 Å². The molecule has 1 atom stereocenters. The minimum Gasteiger partial charge on any atom is -0.390 e. The average molecular weight is 200 g/mol. The number of hydrogen-bond acceptors (Lipinski definition) is 3. The predicted octanol–water partition coefficient (Wildman–Crippen LogP) is 0.818. The van der Waals surface area contributed by atoms with E-state index in [0.29, 0.717) is 12.0 Å². The van der Waals surface area contributed by atoms with Crippen LogP contribution in [-0.2, 0) is 0 Å². The van der Waals surface area contributed by atoms with Gasteiger partial charge in [0.05, 0.1) is 6.10 Å². The molecule has 0 amide bonds. The molecule has 0 spiro atoms. The first-order valence-electron chi connectivity index (χ1n) is 5.64. The Labute approximate surface area is 87.3 Å². The van der Waals surface area contributed by atoms with E-state index in [0.717, 1.165) is 19.6 Å². The van der Waals surface area contributed by atoms with Gasteiger partial charge in [-0.1, -0.05) is 13.8 Å². The van der Waals surface area contributed by atoms with E-state index in [-0.39, 0.29) is 6.10 Å². The van der Waals surface area contributed by atoms with Crippen LogP contribution in [0.5, 0.6) is 0 Å². The van der Waals surface area contributed by atoms with Crippen LogP contribution in [0.1, 0.15) is 33.1 Å². The molecule has 3 heteroatoms.